The van der Waals surface area contributed by atoms with Crippen LogP contribution in [0.3, 0.4) is 0 Å². The van der Waals surface area contributed by atoms with E-state index in [4.69, 9.17) is 6.42 Å². The van der Waals surface area contributed by atoms with Crippen LogP contribution in [0.5, 0.6) is 0 Å². The summed E-state index contributed by atoms with van der Waals surface area (Å²) in [7, 11) is 0. The van der Waals surface area contributed by atoms with Gasteiger partial charge in [0.25, 0.3) is 0 Å². The topological polar surface area (TPSA) is 12.0 Å². The van der Waals surface area contributed by atoms with Crippen molar-refractivity contribution in [2.45, 2.75) is 25.7 Å². The van der Waals surface area contributed by atoms with Gasteiger partial charge in [0.2, 0.25) is 0 Å². The predicted octanol–water partition coefficient (Wildman–Crippen LogP) is 2.79. The van der Waals surface area contributed by atoms with Crippen LogP contribution in [0.1, 0.15) is 31.2 Å². The summed E-state index contributed by atoms with van der Waals surface area (Å²) in [6.07, 6.45) is 7.15. The van der Waals surface area contributed by atoms with Gasteiger partial charge in [-0.1, -0.05) is 37.3 Å². The summed E-state index contributed by atoms with van der Waals surface area (Å²) in [5.74, 6) is 3.24. The first-order valence-corrected chi connectivity index (χ1v) is 5.53. The molecule has 1 N–H and O–H groups in total. The van der Waals surface area contributed by atoms with Crippen LogP contribution in [0.2, 0.25) is 0 Å². The van der Waals surface area contributed by atoms with Crippen LogP contribution in [0.25, 0.3) is 0 Å². The van der Waals surface area contributed by atoms with Crippen molar-refractivity contribution in [3.05, 3.63) is 35.9 Å². The zero-order valence-corrected chi connectivity index (χ0v) is 9.37. The fourth-order valence-corrected chi connectivity index (χ4v) is 1.55. The van der Waals surface area contributed by atoms with Gasteiger partial charge in [-0.15, -0.1) is 12.3 Å². The molecule has 1 nitrogen and oxygen atoms in total. The number of hydrogen-bond donors (Lipinski definition) is 1. The summed E-state index contributed by atoms with van der Waals surface area (Å²) in [4.78, 5) is 0. The van der Waals surface area contributed by atoms with E-state index in [1.54, 1.807) is 0 Å². The van der Waals surface area contributed by atoms with Gasteiger partial charge in [-0.2, -0.15) is 0 Å². The zero-order chi connectivity index (χ0) is 10.9. The SMILES string of the molecule is C#CCCNCCC(C)c1ccccc1. The fourth-order valence-electron chi connectivity index (χ4n) is 1.55. The maximum absolute atomic E-state index is 5.17. The van der Waals surface area contributed by atoms with E-state index in [1.807, 2.05) is 0 Å². The van der Waals surface area contributed by atoms with E-state index in [2.05, 4.69) is 48.5 Å². The van der Waals surface area contributed by atoms with Gasteiger partial charge < -0.3 is 5.32 Å². The molecule has 0 radical (unpaired) electrons. The summed E-state index contributed by atoms with van der Waals surface area (Å²) in [5, 5.41) is 3.34. The van der Waals surface area contributed by atoms with E-state index in [1.165, 1.54) is 5.56 Å². The van der Waals surface area contributed by atoms with Gasteiger partial charge >= 0.3 is 0 Å². The molecule has 0 heterocycles. The molecule has 15 heavy (non-hydrogen) atoms. The molecule has 1 aromatic rings. The standard InChI is InChI=1S/C14H19N/c1-3-4-11-15-12-10-13(2)14-8-6-5-7-9-14/h1,5-9,13,15H,4,10-12H2,2H3. The van der Waals surface area contributed by atoms with Gasteiger partial charge in [0.15, 0.2) is 0 Å². The molecule has 1 heteroatoms. The molecule has 0 saturated carbocycles. The van der Waals surface area contributed by atoms with Crippen LogP contribution in [0, 0.1) is 12.3 Å². The van der Waals surface area contributed by atoms with Crippen LogP contribution in [-0.2, 0) is 0 Å². The van der Waals surface area contributed by atoms with E-state index in [9.17, 15) is 0 Å². The zero-order valence-electron chi connectivity index (χ0n) is 9.37. The number of hydrogen-bond acceptors (Lipinski definition) is 1. The summed E-state index contributed by atoms with van der Waals surface area (Å²) < 4.78 is 0. The molecular formula is C14H19N. The summed E-state index contributed by atoms with van der Waals surface area (Å²) >= 11 is 0. The maximum atomic E-state index is 5.17. The lowest BCUT2D eigenvalue weighted by Crippen LogP contribution is -2.17. The smallest absolute Gasteiger partial charge is 0.0211 e. The third-order valence-electron chi connectivity index (χ3n) is 2.57. The van der Waals surface area contributed by atoms with Crippen molar-refractivity contribution >= 4 is 0 Å². The highest BCUT2D eigenvalue weighted by atomic mass is 14.8. The quantitative estimate of drug-likeness (QED) is 0.551. The third-order valence-corrected chi connectivity index (χ3v) is 2.57. The molecule has 0 aromatic heterocycles. The van der Waals surface area contributed by atoms with Gasteiger partial charge in [0.05, 0.1) is 0 Å². The summed E-state index contributed by atoms with van der Waals surface area (Å²) in [6.45, 7) is 4.23. The molecule has 0 bridgehead atoms. The Morgan fingerprint density at radius 1 is 1.27 bits per heavy atom. The molecule has 1 aromatic carbocycles. The second-order valence-electron chi connectivity index (χ2n) is 3.80. The van der Waals surface area contributed by atoms with Gasteiger partial charge in [-0.05, 0) is 24.4 Å². The van der Waals surface area contributed by atoms with Gasteiger partial charge in [-0.25, -0.2) is 0 Å². The Bertz CT molecular complexity index is 297. The second-order valence-corrected chi connectivity index (χ2v) is 3.80. The van der Waals surface area contributed by atoms with E-state index in [0.29, 0.717) is 5.92 Å². The number of rotatable bonds is 6. The molecule has 0 fully saturated rings. The van der Waals surface area contributed by atoms with Gasteiger partial charge in [0.1, 0.15) is 0 Å². The Kier molecular flexibility index (Phi) is 5.58. The Balaban J connectivity index is 2.20. The highest BCUT2D eigenvalue weighted by Crippen LogP contribution is 2.17. The van der Waals surface area contributed by atoms with Crippen molar-refractivity contribution in [1.29, 1.82) is 0 Å². The molecule has 0 saturated heterocycles. The van der Waals surface area contributed by atoms with Crippen molar-refractivity contribution in [1.82, 2.24) is 5.32 Å². The van der Waals surface area contributed by atoms with Gasteiger partial charge in [-0.3, -0.25) is 0 Å². The van der Waals surface area contributed by atoms with Crippen LogP contribution < -0.4 is 5.32 Å². The average molecular weight is 201 g/mol. The second kappa shape index (κ2) is 7.09. The normalized spacial score (nSPS) is 12.0. The first-order valence-electron chi connectivity index (χ1n) is 5.53. The Morgan fingerprint density at radius 2 is 2.00 bits per heavy atom. The fraction of sp³-hybridized carbons (Fsp3) is 0.429. The van der Waals surface area contributed by atoms with E-state index < -0.39 is 0 Å². The molecular weight excluding hydrogens is 182 g/mol. The Morgan fingerprint density at radius 3 is 2.67 bits per heavy atom. The monoisotopic (exact) mass is 201 g/mol. The number of terminal acetylenes is 1. The average Bonchev–Trinajstić information content (AvgIpc) is 2.30. The third kappa shape index (κ3) is 4.67. The molecule has 0 spiro atoms. The molecule has 1 unspecified atom stereocenters. The minimum Gasteiger partial charge on any atom is -0.316 e. The van der Waals surface area contributed by atoms with Gasteiger partial charge in [0, 0.05) is 13.0 Å². The summed E-state index contributed by atoms with van der Waals surface area (Å²) in [6, 6.07) is 10.6. The van der Waals surface area contributed by atoms with Crippen LogP contribution >= 0.6 is 0 Å². The highest BCUT2D eigenvalue weighted by Gasteiger charge is 2.03. The van der Waals surface area contributed by atoms with Crippen molar-refractivity contribution in [2.24, 2.45) is 0 Å². The summed E-state index contributed by atoms with van der Waals surface area (Å²) in [5.41, 5.74) is 1.41. The van der Waals surface area contributed by atoms with Crippen LogP contribution in [-0.4, -0.2) is 13.1 Å². The lowest BCUT2D eigenvalue weighted by Gasteiger charge is -2.11. The number of nitrogens with one attached hydrogen (secondary N) is 1. The molecule has 0 aliphatic carbocycles. The molecule has 0 aliphatic rings. The Hall–Kier alpha value is -1.26. The first-order chi connectivity index (χ1) is 7.34. The molecule has 80 valence electrons. The Labute approximate surface area is 92.9 Å². The lowest BCUT2D eigenvalue weighted by atomic mass is 9.98. The first kappa shape index (κ1) is 11.8. The van der Waals surface area contributed by atoms with E-state index >= 15 is 0 Å². The van der Waals surface area contributed by atoms with Crippen molar-refractivity contribution in [2.75, 3.05) is 13.1 Å². The predicted molar refractivity (Wildman–Crippen MR) is 65.8 cm³/mol. The van der Waals surface area contributed by atoms with Crippen LogP contribution in [0.15, 0.2) is 30.3 Å². The molecule has 0 amide bonds. The van der Waals surface area contributed by atoms with Crippen molar-refractivity contribution < 1.29 is 0 Å². The molecule has 1 atom stereocenters. The maximum Gasteiger partial charge on any atom is 0.0211 e. The minimum atomic E-state index is 0.615. The molecule has 0 aliphatic heterocycles. The minimum absolute atomic E-state index is 0.615. The molecule has 1 rings (SSSR count). The van der Waals surface area contributed by atoms with Crippen molar-refractivity contribution in [3.8, 4) is 12.3 Å². The number of benzene rings is 1. The highest BCUT2D eigenvalue weighted by molar-refractivity contribution is 5.18. The van der Waals surface area contributed by atoms with E-state index in [0.717, 1.165) is 25.9 Å². The van der Waals surface area contributed by atoms with Crippen molar-refractivity contribution in [3.63, 3.8) is 0 Å². The van der Waals surface area contributed by atoms with E-state index in [-0.39, 0.29) is 0 Å². The lowest BCUT2D eigenvalue weighted by molar-refractivity contribution is 0.600. The largest absolute Gasteiger partial charge is 0.316 e. The van der Waals surface area contributed by atoms with Crippen LogP contribution in [0.4, 0.5) is 0 Å².